The second-order valence-corrected chi connectivity index (χ2v) is 9.00. The lowest BCUT2D eigenvalue weighted by Crippen LogP contribution is -2.47. The summed E-state index contributed by atoms with van der Waals surface area (Å²) >= 11 is 6.08. The average Bonchev–Trinajstić information content (AvgIpc) is 2.57. The molecule has 2 rings (SSSR count). The molecule has 1 atom stereocenters. The average molecular weight is 409 g/mol. The molecule has 0 heterocycles. The van der Waals surface area contributed by atoms with Gasteiger partial charge in [0, 0.05) is 10.7 Å². The molecular formula is C20H25ClN2O3S. The number of sulfonamides is 1. The monoisotopic (exact) mass is 408 g/mol. The first-order valence-corrected chi connectivity index (χ1v) is 10.9. The zero-order valence-electron chi connectivity index (χ0n) is 16.2. The van der Waals surface area contributed by atoms with Gasteiger partial charge >= 0.3 is 0 Å². The molecule has 27 heavy (non-hydrogen) atoms. The number of carbonyl (C=O) groups excluding carboxylic acids is 1. The van der Waals surface area contributed by atoms with Crippen molar-refractivity contribution in [1.82, 2.24) is 0 Å². The lowest BCUT2D eigenvalue weighted by Gasteiger charge is -2.31. The molecule has 0 fully saturated rings. The summed E-state index contributed by atoms with van der Waals surface area (Å²) in [5, 5.41) is 3.25. The first kappa shape index (κ1) is 21.3. The van der Waals surface area contributed by atoms with E-state index in [1.165, 1.54) is 0 Å². The van der Waals surface area contributed by atoms with Crippen molar-refractivity contribution in [2.45, 2.75) is 40.2 Å². The molecule has 0 aliphatic heterocycles. The van der Waals surface area contributed by atoms with Crippen molar-refractivity contribution in [1.29, 1.82) is 0 Å². The second kappa shape index (κ2) is 8.31. The number of hydrogen-bond donors (Lipinski definition) is 1. The van der Waals surface area contributed by atoms with Gasteiger partial charge in [0.2, 0.25) is 15.9 Å². The Morgan fingerprint density at radius 2 is 1.70 bits per heavy atom. The molecule has 2 aromatic rings. The largest absolute Gasteiger partial charge is 0.324 e. The number of anilines is 2. The van der Waals surface area contributed by atoms with Crippen LogP contribution in [-0.2, 0) is 14.8 Å². The van der Waals surface area contributed by atoms with Gasteiger partial charge in [0.15, 0.2) is 0 Å². The van der Waals surface area contributed by atoms with E-state index in [0.29, 0.717) is 22.8 Å². The maximum Gasteiger partial charge on any atom is 0.248 e. The molecule has 0 aliphatic carbocycles. The summed E-state index contributed by atoms with van der Waals surface area (Å²) < 4.78 is 26.3. The van der Waals surface area contributed by atoms with E-state index in [0.717, 1.165) is 27.3 Å². The van der Waals surface area contributed by atoms with Gasteiger partial charge in [-0.3, -0.25) is 9.10 Å². The van der Waals surface area contributed by atoms with Gasteiger partial charge in [0.05, 0.1) is 11.9 Å². The van der Waals surface area contributed by atoms with Crippen LogP contribution in [0.4, 0.5) is 11.4 Å². The van der Waals surface area contributed by atoms with Crippen molar-refractivity contribution in [3.8, 4) is 0 Å². The van der Waals surface area contributed by atoms with E-state index in [1.54, 1.807) is 32.0 Å². The van der Waals surface area contributed by atoms with E-state index in [-0.39, 0.29) is 5.91 Å². The summed E-state index contributed by atoms with van der Waals surface area (Å²) in [4.78, 5) is 12.9. The Labute approximate surface area is 166 Å². The third kappa shape index (κ3) is 5.02. The van der Waals surface area contributed by atoms with E-state index < -0.39 is 16.1 Å². The molecule has 146 valence electrons. The van der Waals surface area contributed by atoms with Crippen molar-refractivity contribution in [2.75, 3.05) is 15.9 Å². The van der Waals surface area contributed by atoms with Gasteiger partial charge in [-0.05, 0) is 68.1 Å². The van der Waals surface area contributed by atoms with Crippen LogP contribution in [-0.4, -0.2) is 26.6 Å². The van der Waals surface area contributed by atoms with Crippen LogP contribution in [0.1, 0.15) is 30.0 Å². The summed E-state index contributed by atoms with van der Waals surface area (Å²) in [6.45, 7) is 7.52. The molecule has 0 aromatic heterocycles. The van der Waals surface area contributed by atoms with Gasteiger partial charge in [0.1, 0.15) is 6.04 Å². The molecule has 0 unspecified atom stereocenters. The number of aryl methyl sites for hydroxylation is 3. The fourth-order valence-corrected chi connectivity index (χ4v) is 4.33. The quantitative estimate of drug-likeness (QED) is 0.767. The summed E-state index contributed by atoms with van der Waals surface area (Å²) in [5.74, 6) is -0.384. The Bertz CT molecular complexity index is 958. The van der Waals surface area contributed by atoms with Crippen LogP contribution in [0.5, 0.6) is 0 Å². The molecule has 5 nitrogen and oxygen atoms in total. The molecule has 1 N–H and O–H groups in total. The maximum atomic E-state index is 12.9. The third-order valence-corrected chi connectivity index (χ3v) is 5.91. The van der Waals surface area contributed by atoms with Gasteiger partial charge in [-0.15, -0.1) is 0 Å². The standard InChI is InChI=1S/C20H25ClN2O3S/c1-6-18(20(24)22-17-10-8-13(2)15(4)11-17)23(27(5,25)26)19-12-16(21)9-7-14(19)3/h7-12,18H,6H2,1-5H3,(H,22,24)/t18-/m0/s1. The number of nitrogens with one attached hydrogen (secondary N) is 1. The number of halogens is 1. The summed E-state index contributed by atoms with van der Waals surface area (Å²) in [5.41, 5.74) is 3.94. The summed E-state index contributed by atoms with van der Waals surface area (Å²) in [6, 6.07) is 9.71. The normalized spacial score (nSPS) is 12.5. The first-order valence-electron chi connectivity index (χ1n) is 8.68. The van der Waals surface area contributed by atoms with E-state index in [9.17, 15) is 13.2 Å². The Balaban J connectivity index is 2.44. The highest BCUT2D eigenvalue weighted by Gasteiger charge is 2.32. The van der Waals surface area contributed by atoms with Crippen LogP contribution in [0.2, 0.25) is 5.02 Å². The number of carbonyl (C=O) groups is 1. The number of nitrogens with zero attached hydrogens (tertiary/aromatic N) is 1. The van der Waals surface area contributed by atoms with Crippen LogP contribution >= 0.6 is 11.6 Å². The van der Waals surface area contributed by atoms with Crippen molar-refractivity contribution in [2.24, 2.45) is 0 Å². The molecule has 7 heteroatoms. The van der Waals surface area contributed by atoms with E-state index in [4.69, 9.17) is 11.6 Å². The molecule has 1 amide bonds. The Hall–Kier alpha value is -2.05. The lowest BCUT2D eigenvalue weighted by atomic mass is 10.1. The second-order valence-electron chi connectivity index (χ2n) is 6.70. The maximum absolute atomic E-state index is 12.9. The van der Waals surface area contributed by atoms with E-state index in [1.807, 2.05) is 32.0 Å². The van der Waals surface area contributed by atoms with Gasteiger partial charge < -0.3 is 5.32 Å². The van der Waals surface area contributed by atoms with Gasteiger partial charge in [-0.25, -0.2) is 8.42 Å². The fraction of sp³-hybridized carbons (Fsp3) is 0.350. The predicted molar refractivity (Wildman–Crippen MR) is 112 cm³/mol. The van der Waals surface area contributed by atoms with Gasteiger partial charge in [-0.1, -0.05) is 30.7 Å². The zero-order chi connectivity index (χ0) is 20.4. The molecule has 0 saturated carbocycles. The Morgan fingerprint density at radius 3 is 2.26 bits per heavy atom. The number of rotatable bonds is 6. The highest BCUT2D eigenvalue weighted by molar-refractivity contribution is 7.92. The summed E-state index contributed by atoms with van der Waals surface area (Å²) in [6.07, 6.45) is 1.41. The highest BCUT2D eigenvalue weighted by Crippen LogP contribution is 2.29. The van der Waals surface area contributed by atoms with Gasteiger partial charge in [-0.2, -0.15) is 0 Å². The molecule has 0 spiro atoms. The van der Waals surface area contributed by atoms with E-state index >= 15 is 0 Å². The predicted octanol–water partition coefficient (Wildman–Crippen LogP) is 4.45. The number of benzene rings is 2. The Kier molecular flexibility index (Phi) is 6.54. The lowest BCUT2D eigenvalue weighted by molar-refractivity contribution is -0.117. The van der Waals surface area contributed by atoms with Crippen molar-refractivity contribution in [3.63, 3.8) is 0 Å². The highest BCUT2D eigenvalue weighted by atomic mass is 35.5. The topological polar surface area (TPSA) is 66.5 Å². The summed E-state index contributed by atoms with van der Waals surface area (Å²) in [7, 11) is -3.71. The van der Waals surface area contributed by atoms with Gasteiger partial charge in [0.25, 0.3) is 0 Å². The minimum Gasteiger partial charge on any atom is -0.324 e. The van der Waals surface area contributed by atoms with Crippen LogP contribution in [0, 0.1) is 20.8 Å². The van der Waals surface area contributed by atoms with E-state index in [2.05, 4.69) is 5.32 Å². The molecule has 2 aromatic carbocycles. The van der Waals surface area contributed by atoms with Crippen LogP contribution < -0.4 is 9.62 Å². The van der Waals surface area contributed by atoms with Crippen LogP contribution in [0.3, 0.4) is 0 Å². The van der Waals surface area contributed by atoms with Crippen molar-refractivity contribution in [3.05, 3.63) is 58.1 Å². The van der Waals surface area contributed by atoms with Crippen LogP contribution in [0.25, 0.3) is 0 Å². The third-order valence-electron chi connectivity index (χ3n) is 4.51. The molecular weight excluding hydrogens is 384 g/mol. The minimum atomic E-state index is -3.71. The first-order chi connectivity index (χ1) is 12.5. The molecule has 0 aliphatic rings. The fourth-order valence-electron chi connectivity index (χ4n) is 2.90. The molecule has 0 saturated heterocycles. The van der Waals surface area contributed by atoms with Crippen LogP contribution in [0.15, 0.2) is 36.4 Å². The zero-order valence-corrected chi connectivity index (χ0v) is 17.8. The molecule has 0 bridgehead atoms. The number of amides is 1. The minimum absolute atomic E-state index is 0.315. The number of hydrogen-bond acceptors (Lipinski definition) is 3. The Morgan fingerprint density at radius 1 is 1.07 bits per heavy atom. The molecule has 0 radical (unpaired) electrons. The van der Waals surface area contributed by atoms with Crippen molar-refractivity contribution >= 4 is 38.9 Å². The van der Waals surface area contributed by atoms with Crippen molar-refractivity contribution < 1.29 is 13.2 Å². The SMILES string of the molecule is CC[C@@H](C(=O)Nc1ccc(C)c(C)c1)N(c1cc(Cl)ccc1C)S(C)(=O)=O. The smallest absolute Gasteiger partial charge is 0.248 e.